The molecule has 4 nitrogen and oxygen atoms in total. The Labute approximate surface area is 83.6 Å². The van der Waals surface area contributed by atoms with Gasteiger partial charge in [0.05, 0.1) is 0 Å². The predicted molar refractivity (Wildman–Crippen MR) is 57.8 cm³/mol. The van der Waals surface area contributed by atoms with E-state index in [1.807, 2.05) is 0 Å². The van der Waals surface area contributed by atoms with Crippen molar-refractivity contribution in [3.05, 3.63) is 0 Å². The lowest BCUT2D eigenvalue weighted by Crippen LogP contribution is -2.47. The van der Waals surface area contributed by atoms with E-state index >= 15 is 0 Å². The molecule has 0 aromatic heterocycles. The van der Waals surface area contributed by atoms with Crippen LogP contribution < -0.4 is 11.1 Å². The van der Waals surface area contributed by atoms with Gasteiger partial charge in [-0.2, -0.15) is 0 Å². The molecule has 13 heavy (non-hydrogen) atoms. The lowest BCUT2D eigenvalue weighted by molar-refractivity contribution is -0.112. The quantitative estimate of drug-likeness (QED) is 0.398. The van der Waals surface area contributed by atoms with Crippen LogP contribution in [0, 0.1) is 0 Å². The Bertz CT molecular complexity index is 129. The summed E-state index contributed by atoms with van der Waals surface area (Å²) in [5.74, 6) is 0. The first-order chi connectivity index (χ1) is 6.05. The Balaban J connectivity index is 3.83. The van der Waals surface area contributed by atoms with Crippen LogP contribution in [0.4, 0.5) is 0 Å². The Morgan fingerprint density at radius 2 is 2.00 bits per heavy atom. The van der Waals surface area contributed by atoms with E-state index in [-0.39, 0.29) is 11.5 Å². The largest absolute Gasteiger partial charge is 0.356 e. The maximum atomic E-state index is 5.42. The maximum Gasteiger partial charge on any atom is 0.158 e. The summed E-state index contributed by atoms with van der Waals surface area (Å²) in [4.78, 5) is 0. The normalized spacial score (nSPS) is 16.4. The Morgan fingerprint density at radius 3 is 2.38 bits per heavy atom. The molecule has 0 aliphatic rings. The molecule has 0 fully saturated rings. The third-order valence-corrected chi connectivity index (χ3v) is 2.71. The molecule has 0 aromatic carbocycles. The van der Waals surface area contributed by atoms with Gasteiger partial charge in [0, 0.05) is 49.1 Å². The van der Waals surface area contributed by atoms with E-state index in [2.05, 4.69) is 12.2 Å². The lowest BCUT2D eigenvalue weighted by Gasteiger charge is -2.29. The van der Waals surface area contributed by atoms with Crippen molar-refractivity contribution >= 4 is 10.2 Å². The molecule has 0 aromatic rings. The van der Waals surface area contributed by atoms with Crippen LogP contribution >= 0.6 is 0 Å². The van der Waals surface area contributed by atoms with Gasteiger partial charge in [0.2, 0.25) is 0 Å². The van der Waals surface area contributed by atoms with Crippen LogP contribution in [0.2, 0.25) is 0 Å². The zero-order valence-corrected chi connectivity index (χ0v) is 11.1. The van der Waals surface area contributed by atoms with E-state index in [1.165, 1.54) is 0 Å². The van der Waals surface area contributed by atoms with Gasteiger partial charge in [-0.1, -0.05) is 6.92 Å². The Hall–Kier alpha value is 0.0569. The number of nitrogens with one attached hydrogen (secondary N) is 1. The van der Waals surface area contributed by atoms with Crippen molar-refractivity contribution in [1.29, 1.82) is 0 Å². The van der Waals surface area contributed by atoms with Gasteiger partial charge in [-0.05, 0) is 0 Å². The smallest absolute Gasteiger partial charge is 0.158 e. The Kier molecular flexibility index (Phi) is 6.53. The van der Waals surface area contributed by atoms with Crippen LogP contribution in [0.3, 0.4) is 0 Å². The van der Waals surface area contributed by atoms with Gasteiger partial charge in [0.15, 0.2) is 6.29 Å². The molecule has 0 saturated heterocycles. The zero-order valence-electron chi connectivity index (χ0n) is 9.09. The molecule has 80 valence electrons. The van der Waals surface area contributed by atoms with Crippen LogP contribution in [-0.2, 0) is 9.47 Å². The standard InChI is InChI=1S/C8H22N2O2Si/c1-8(13,10-5-4-9)6-7(11-2)12-3/h7,10H,4-6,9H2,1-3,13H3. The molecule has 1 unspecified atom stereocenters. The predicted octanol–water partition coefficient (Wildman–Crippen LogP) is -1.37. The van der Waals surface area contributed by atoms with Gasteiger partial charge in [0.1, 0.15) is 0 Å². The van der Waals surface area contributed by atoms with Gasteiger partial charge >= 0.3 is 0 Å². The van der Waals surface area contributed by atoms with Crippen molar-refractivity contribution in [2.45, 2.75) is 24.8 Å². The third-order valence-electron chi connectivity index (χ3n) is 1.95. The highest BCUT2D eigenvalue weighted by Gasteiger charge is 2.21. The highest BCUT2D eigenvalue weighted by atomic mass is 28.1. The number of methoxy groups -OCH3 is 2. The fourth-order valence-corrected chi connectivity index (χ4v) is 1.75. The first kappa shape index (κ1) is 13.1. The third kappa shape index (κ3) is 6.17. The summed E-state index contributed by atoms with van der Waals surface area (Å²) in [5.41, 5.74) is 5.42. The number of nitrogens with two attached hydrogens (primary N) is 1. The number of hydrogen-bond donors (Lipinski definition) is 2. The summed E-state index contributed by atoms with van der Waals surface area (Å²) in [5, 5.41) is 3.52. The van der Waals surface area contributed by atoms with Crippen molar-refractivity contribution in [3.8, 4) is 0 Å². The topological polar surface area (TPSA) is 56.5 Å². The summed E-state index contributed by atoms with van der Waals surface area (Å²) in [7, 11) is 4.37. The lowest BCUT2D eigenvalue weighted by atomic mass is 10.2. The molecule has 0 aliphatic carbocycles. The SMILES string of the molecule is COC(CC(C)([SiH3])NCCN)OC. The molecule has 0 rings (SSSR count). The second-order valence-electron chi connectivity index (χ2n) is 3.70. The second-order valence-corrected chi connectivity index (χ2v) is 5.91. The van der Waals surface area contributed by atoms with Gasteiger partial charge in [0.25, 0.3) is 0 Å². The fraction of sp³-hybridized carbons (Fsp3) is 1.00. The molecular weight excluding hydrogens is 184 g/mol. The van der Waals surface area contributed by atoms with E-state index in [9.17, 15) is 0 Å². The van der Waals surface area contributed by atoms with Crippen LogP contribution in [0.15, 0.2) is 0 Å². The summed E-state index contributed by atoms with van der Waals surface area (Å²) < 4.78 is 10.3. The average Bonchev–Trinajstić information content (AvgIpc) is 2.11. The molecule has 0 heterocycles. The molecule has 0 spiro atoms. The summed E-state index contributed by atoms with van der Waals surface area (Å²) in [6, 6.07) is 0. The number of hydrogen-bond acceptors (Lipinski definition) is 4. The number of ether oxygens (including phenoxy) is 2. The van der Waals surface area contributed by atoms with Crippen molar-refractivity contribution in [2.75, 3.05) is 27.3 Å². The van der Waals surface area contributed by atoms with Crippen molar-refractivity contribution in [3.63, 3.8) is 0 Å². The van der Waals surface area contributed by atoms with Crippen LogP contribution in [0.1, 0.15) is 13.3 Å². The van der Waals surface area contributed by atoms with Crippen molar-refractivity contribution in [1.82, 2.24) is 5.32 Å². The summed E-state index contributed by atoms with van der Waals surface area (Å²) >= 11 is 0. The van der Waals surface area contributed by atoms with Gasteiger partial charge in [-0.15, -0.1) is 0 Å². The van der Waals surface area contributed by atoms with E-state index in [4.69, 9.17) is 15.2 Å². The molecule has 5 heteroatoms. The van der Waals surface area contributed by atoms with Gasteiger partial charge in [-0.25, -0.2) is 0 Å². The molecule has 0 aliphatic heterocycles. The first-order valence-corrected chi connectivity index (χ1v) is 5.56. The molecule has 3 N–H and O–H groups in total. The van der Waals surface area contributed by atoms with Crippen molar-refractivity contribution in [2.24, 2.45) is 5.73 Å². The molecule has 0 radical (unpaired) electrons. The van der Waals surface area contributed by atoms with Gasteiger partial charge < -0.3 is 20.5 Å². The van der Waals surface area contributed by atoms with Crippen LogP contribution in [0.5, 0.6) is 0 Å². The molecule has 0 amide bonds. The highest BCUT2D eigenvalue weighted by molar-refractivity contribution is 6.15. The molecular formula is C8H22N2O2Si. The van der Waals surface area contributed by atoms with E-state index in [0.29, 0.717) is 6.54 Å². The van der Waals surface area contributed by atoms with Crippen molar-refractivity contribution < 1.29 is 9.47 Å². The van der Waals surface area contributed by atoms with E-state index in [1.54, 1.807) is 14.2 Å². The van der Waals surface area contributed by atoms with E-state index < -0.39 is 0 Å². The number of rotatable bonds is 7. The molecule has 0 saturated carbocycles. The average molecular weight is 206 g/mol. The minimum Gasteiger partial charge on any atom is -0.356 e. The van der Waals surface area contributed by atoms with Gasteiger partial charge in [-0.3, -0.25) is 0 Å². The summed E-state index contributed by atoms with van der Waals surface area (Å²) in [6.07, 6.45) is 0.749. The second kappa shape index (κ2) is 6.50. The first-order valence-electron chi connectivity index (χ1n) is 4.56. The fourth-order valence-electron chi connectivity index (χ4n) is 1.16. The Morgan fingerprint density at radius 1 is 1.46 bits per heavy atom. The zero-order chi connectivity index (χ0) is 10.3. The monoisotopic (exact) mass is 206 g/mol. The minimum absolute atomic E-state index is 0.118. The maximum absolute atomic E-state index is 5.42. The highest BCUT2D eigenvalue weighted by Crippen LogP contribution is 2.10. The summed E-state index contributed by atoms with van der Waals surface area (Å²) in [6.45, 7) is 3.68. The minimum atomic E-state index is -0.118. The molecule has 1 atom stereocenters. The van der Waals surface area contributed by atoms with Crippen LogP contribution in [-0.4, -0.2) is 49.0 Å². The molecule has 0 bridgehead atoms. The van der Waals surface area contributed by atoms with E-state index in [0.717, 1.165) is 23.2 Å². The van der Waals surface area contributed by atoms with Crippen LogP contribution in [0.25, 0.3) is 0 Å².